The van der Waals surface area contributed by atoms with Crippen LogP contribution in [0.2, 0.25) is 0 Å². The van der Waals surface area contributed by atoms with Crippen LogP contribution in [0.15, 0.2) is 45.9 Å². The molecule has 0 bridgehead atoms. The van der Waals surface area contributed by atoms with Crippen LogP contribution in [0.25, 0.3) is 10.9 Å². The topological polar surface area (TPSA) is 89.6 Å². The molecule has 164 valence electrons. The Hall–Kier alpha value is -2.78. The van der Waals surface area contributed by atoms with Crippen molar-refractivity contribution in [2.45, 2.75) is 44.4 Å². The van der Waals surface area contributed by atoms with Gasteiger partial charge in [-0.15, -0.1) is 11.8 Å². The van der Waals surface area contributed by atoms with Crippen LogP contribution < -0.4 is 5.32 Å². The molecule has 9 heteroatoms. The lowest BCUT2D eigenvalue weighted by molar-refractivity contribution is -0.143. The summed E-state index contributed by atoms with van der Waals surface area (Å²) in [7, 11) is 0. The number of thioether (sulfide) groups is 1. The van der Waals surface area contributed by atoms with Gasteiger partial charge in [0.05, 0.1) is 18.0 Å². The molecule has 8 nitrogen and oxygen atoms in total. The van der Waals surface area contributed by atoms with Gasteiger partial charge in [-0.1, -0.05) is 23.4 Å². The highest BCUT2D eigenvalue weighted by atomic mass is 32.2. The van der Waals surface area contributed by atoms with Gasteiger partial charge in [0.25, 0.3) is 0 Å². The highest BCUT2D eigenvalue weighted by Crippen LogP contribution is 2.30. The molecule has 1 aromatic carbocycles. The van der Waals surface area contributed by atoms with Gasteiger partial charge in [0.2, 0.25) is 11.8 Å². The first-order valence-electron chi connectivity index (χ1n) is 10.3. The van der Waals surface area contributed by atoms with Crippen molar-refractivity contribution in [3.8, 4) is 0 Å². The number of carbonyl (C=O) groups excluding carboxylic acids is 2. The number of nitrogens with one attached hydrogen (secondary N) is 1. The fraction of sp³-hybridized carbons (Fsp3) is 0.409. The summed E-state index contributed by atoms with van der Waals surface area (Å²) in [5.74, 6) is 1.18. The number of anilines is 1. The van der Waals surface area contributed by atoms with Crippen LogP contribution in [0.4, 0.5) is 5.82 Å². The number of benzene rings is 1. The minimum absolute atomic E-state index is 0.0345. The number of hydrogen-bond donors (Lipinski definition) is 1. The molecule has 1 N–H and O–H groups in total. The van der Waals surface area contributed by atoms with Crippen LogP contribution in [0, 0.1) is 6.92 Å². The maximum atomic E-state index is 12.9. The average molecular weight is 443 g/mol. The summed E-state index contributed by atoms with van der Waals surface area (Å²) in [6.45, 7) is 7.20. The molecule has 1 aliphatic heterocycles. The molecule has 0 unspecified atom stereocenters. The predicted octanol–water partition coefficient (Wildman–Crippen LogP) is 3.30. The first-order chi connectivity index (χ1) is 14.9. The summed E-state index contributed by atoms with van der Waals surface area (Å²) in [4.78, 5) is 28.1. The van der Waals surface area contributed by atoms with Gasteiger partial charge >= 0.3 is 0 Å². The Balaban J connectivity index is 1.45. The number of para-hydroxylation sites is 1. The molecule has 2 amide bonds. The second kappa shape index (κ2) is 9.15. The minimum atomic E-state index is -0.164. The number of carbonyl (C=O) groups is 2. The van der Waals surface area contributed by atoms with Gasteiger partial charge in [-0.3, -0.25) is 9.59 Å². The number of nitrogens with zero attached hydrogens (tertiary/aromatic N) is 3. The normalized spacial score (nSPS) is 19.0. The van der Waals surface area contributed by atoms with E-state index in [2.05, 4.69) is 10.5 Å². The summed E-state index contributed by atoms with van der Waals surface area (Å²) in [5, 5.41) is 7.53. The van der Waals surface area contributed by atoms with Gasteiger partial charge in [0, 0.05) is 41.2 Å². The maximum Gasteiger partial charge on any atom is 0.242 e. The highest BCUT2D eigenvalue weighted by Gasteiger charge is 2.26. The van der Waals surface area contributed by atoms with E-state index in [4.69, 9.17) is 9.26 Å². The third kappa shape index (κ3) is 5.11. The van der Waals surface area contributed by atoms with Crippen molar-refractivity contribution in [1.29, 1.82) is 0 Å². The Kier molecular flexibility index (Phi) is 6.33. The monoisotopic (exact) mass is 442 g/mol. The largest absolute Gasteiger partial charge is 0.372 e. The molecule has 2 aromatic heterocycles. The number of ether oxygens (including phenoxy) is 1. The van der Waals surface area contributed by atoms with E-state index in [1.807, 2.05) is 53.8 Å². The summed E-state index contributed by atoms with van der Waals surface area (Å²) in [6.07, 6.45) is 2.02. The Labute approximate surface area is 184 Å². The molecule has 0 spiro atoms. The molecular formula is C22H26N4O4S. The summed E-state index contributed by atoms with van der Waals surface area (Å²) < 4.78 is 12.7. The Morgan fingerprint density at radius 1 is 1.23 bits per heavy atom. The third-order valence-corrected chi connectivity index (χ3v) is 6.13. The molecule has 0 radical (unpaired) electrons. The number of hydrogen-bond acceptors (Lipinski definition) is 6. The lowest BCUT2D eigenvalue weighted by Crippen LogP contribution is -2.49. The van der Waals surface area contributed by atoms with Crippen LogP contribution >= 0.6 is 11.8 Å². The van der Waals surface area contributed by atoms with E-state index in [0.717, 1.165) is 15.8 Å². The SMILES string of the molecule is Cc1cc(NC(=O)CSc2cn(CC(=O)N3C[C@H](C)O[C@@H](C)C3)c3ccccc23)no1. The van der Waals surface area contributed by atoms with Crippen molar-refractivity contribution in [3.05, 3.63) is 42.3 Å². The van der Waals surface area contributed by atoms with Crippen LogP contribution in [0.5, 0.6) is 0 Å². The van der Waals surface area contributed by atoms with Gasteiger partial charge in [-0.2, -0.15) is 0 Å². The Morgan fingerprint density at radius 3 is 2.68 bits per heavy atom. The molecule has 31 heavy (non-hydrogen) atoms. The molecule has 1 fully saturated rings. The van der Waals surface area contributed by atoms with Crippen molar-refractivity contribution < 1.29 is 18.8 Å². The van der Waals surface area contributed by atoms with Crippen LogP contribution in [0.1, 0.15) is 19.6 Å². The van der Waals surface area contributed by atoms with Crippen molar-refractivity contribution in [3.63, 3.8) is 0 Å². The van der Waals surface area contributed by atoms with E-state index in [0.29, 0.717) is 24.7 Å². The van der Waals surface area contributed by atoms with Crippen molar-refractivity contribution in [2.75, 3.05) is 24.2 Å². The molecule has 0 saturated carbocycles. The van der Waals surface area contributed by atoms with E-state index in [9.17, 15) is 9.59 Å². The van der Waals surface area contributed by atoms with Gasteiger partial charge in [0.1, 0.15) is 12.3 Å². The van der Waals surface area contributed by atoms with Gasteiger partial charge < -0.3 is 24.0 Å². The fourth-order valence-electron chi connectivity index (χ4n) is 3.83. The Morgan fingerprint density at radius 2 is 1.97 bits per heavy atom. The van der Waals surface area contributed by atoms with Crippen molar-refractivity contribution in [1.82, 2.24) is 14.6 Å². The molecule has 2 atom stereocenters. The first kappa shape index (κ1) is 21.5. The predicted molar refractivity (Wildman–Crippen MR) is 119 cm³/mol. The summed E-state index contributed by atoms with van der Waals surface area (Å²) in [5.41, 5.74) is 0.972. The second-order valence-electron chi connectivity index (χ2n) is 7.85. The van der Waals surface area contributed by atoms with Gasteiger partial charge in [-0.05, 0) is 26.8 Å². The number of aryl methyl sites for hydroxylation is 1. The van der Waals surface area contributed by atoms with Crippen molar-refractivity contribution >= 4 is 40.3 Å². The van der Waals surface area contributed by atoms with E-state index in [1.165, 1.54) is 11.8 Å². The number of amides is 2. The molecule has 0 aliphatic carbocycles. The van der Waals surface area contributed by atoms with Gasteiger partial charge in [0.15, 0.2) is 5.82 Å². The van der Waals surface area contributed by atoms with E-state index in [-0.39, 0.29) is 36.3 Å². The molecular weight excluding hydrogens is 416 g/mol. The lowest BCUT2D eigenvalue weighted by Gasteiger charge is -2.35. The molecule has 4 rings (SSSR count). The quantitative estimate of drug-likeness (QED) is 0.589. The number of aromatic nitrogens is 2. The fourth-order valence-corrected chi connectivity index (χ4v) is 4.72. The summed E-state index contributed by atoms with van der Waals surface area (Å²) in [6, 6.07) is 9.59. The first-order valence-corrected chi connectivity index (χ1v) is 11.2. The lowest BCUT2D eigenvalue weighted by atomic mass is 10.2. The third-order valence-electron chi connectivity index (χ3n) is 5.08. The van der Waals surface area contributed by atoms with Crippen molar-refractivity contribution in [2.24, 2.45) is 0 Å². The maximum absolute atomic E-state index is 12.9. The van der Waals surface area contributed by atoms with Gasteiger partial charge in [-0.25, -0.2) is 0 Å². The number of rotatable bonds is 6. The zero-order valence-corrected chi connectivity index (χ0v) is 18.6. The smallest absolute Gasteiger partial charge is 0.242 e. The minimum Gasteiger partial charge on any atom is -0.372 e. The van der Waals surface area contributed by atoms with E-state index >= 15 is 0 Å². The zero-order chi connectivity index (χ0) is 22.0. The molecule has 3 aromatic rings. The van der Waals surface area contributed by atoms with Crippen LogP contribution in [-0.4, -0.2) is 57.5 Å². The Bertz CT molecular complexity index is 1080. The molecule has 3 heterocycles. The van der Waals surface area contributed by atoms with Crippen LogP contribution in [0.3, 0.4) is 0 Å². The highest BCUT2D eigenvalue weighted by molar-refractivity contribution is 8.00. The number of fused-ring (bicyclic) bond motifs is 1. The summed E-state index contributed by atoms with van der Waals surface area (Å²) >= 11 is 1.43. The van der Waals surface area contributed by atoms with E-state index in [1.54, 1.807) is 13.0 Å². The van der Waals surface area contributed by atoms with E-state index < -0.39 is 0 Å². The number of morpholine rings is 1. The van der Waals surface area contributed by atoms with Crippen LogP contribution in [-0.2, 0) is 20.9 Å². The molecule has 1 aliphatic rings. The molecule has 1 saturated heterocycles. The second-order valence-corrected chi connectivity index (χ2v) is 8.87. The zero-order valence-electron chi connectivity index (χ0n) is 17.8. The standard InChI is InChI=1S/C22H26N4O4S/c1-14-8-20(24-30-14)23-21(27)13-31-19-11-25(18-7-5-4-6-17(18)19)12-22(28)26-9-15(2)29-16(3)10-26/h4-8,11,15-16H,9-10,12-13H2,1-3H3,(H,23,24,27)/t15-,16-/m0/s1. The average Bonchev–Trinajstić information content (AvgIpc) is 3.29.